The number of hydrogen-bond acceptors (Lipinski definition) is 6. The topological polar surface area (TPSA) is 106 Å². The zero-order valence-corrected chi connectivity index (χ0v) is 12.2. The summed E-state index contributed by atoms with van der Waals surface area (Å²) in [5.74, 6) is -0.257. The van der Waals surface area contributed by atoms with Crippen LogP contribution < -0.4 is 5.73 Å². The van der Waals surface area contributed by atoms with Gasteiger partial charge in [0.1, 0.15) is 17.6 Å². The van der Waals surface area contributed by atoms with Crippen LogP contribution in [0, 0.1) is 10.1 Å². The van der Waals surface area contributed by atoms with Crippen LogP contribution in [0.2, 0.25) is 0 Å². The van der Waals surface area contributed by atoms with Crippen molar-refractivity contribution in [1.82, 2.24) is 14.8 Å². The Hall–Kier alpha value is -2.22. The Bertz CT molecular complexity index is 563. The normalized spacial score (nSPS) is 19.5. The molecule has 0 aromatic carbocycles. The Balaban J connectivity index is 2.28. The monoisotopic (exact) mass is 293 g/mol. The number of hydrogen-bond donors (Lipinski definition) is 1. The van der Waals surface area contributed by atoms with Gasteiger partial charge in [-0.05, 0) is 19.5 Å². The minimum Gasteiger partial charge on any atom is -0.384 e. The van der Waals surface area contributed by atoms with Crippen molar-refractivity contribution in [2.24, 2.45) is 0 Å². The second kappa shape index (κ2) is 6.04. The lowest BCUT2D eigenvalue weighted by atomic mass is 10.1. The van der Waals surface area contributed by atoms with Gasteiger partial charge in [0.2, 0.25) is 0 Å². The number of pyridine rings is 1. The molecular weight excluding hydrogens is 274 g/mol. The average Bonchev–Trinajstić information content (AvgIpc) is 2.46. The number of anilines is 1. The third kappa shape index (κ3) is 3.10. The number of carbonyl (C=O) groups is 1. The number of aromatic nitrogens is 1. The van der Waals surface area contributed by atoms with E-state index in [1.54, 1.807) is 4.90 Å². The zero-order chi connectivity index (χ0) is 15.6. The molecule has 0 bridgehead atoms. The summed E-state index contributed by atoms with van der Waals surface area (Å²) >= 11 is 0. The lowest BCUT2D eigenvalue weighted by Crippen LogP contribution is -2.53. The van der Waals surface area contributed by atoms with Crippen LogP contribution in [-0.4, -0.2) is 58.3 Å². The van der Waals surface area contributed by atoms with Crippen molar-refractivity contribution in [1.29, 1.82) is 0 Å². The van der Waals surface area contributed by atoms with E-state index < -0.39 is 4.92 Å². The van der Waals surface area contributed by atoms with Gasteiger partial charge in [0.25, 0.3) is 11.6 Å². The highest BCUT2D eigenvalue weighted by Gasteiger charge is 2.30. The second-order valence-corrected chi connectivity index (χ2v) is 5.18. The first-order chi connectivity index (χ1) is 9.93. The minimum absolute atomic E-state index is 0.00639. The molecular formula is C13H19N5O3. The standard InChI is InChI=1S/C13H19N5O3/c1-3-9-8-17(5-4-16(9)2)13(19)10-6-12(14)15-7-11(10)18(20)21/h6-7,9H,3-5,8H2,1-2H3,(H2,14,15). The molecule has 114 valence electrons. The third-order valence-corrected chi connectivity index (χ3v) is 3.87. The molecule has 1 fully saturated rings. The van der Waals surface area contributed by atoms with Crippen LogP contribution in [0.4, 0.5) is 11.5 Å². The molecule has 1 aromatic heterocycles. The number of nitrogens with zero attached hydrogens (tertiary/aromatic N) is 4. The van der Waals surface area contributed by atoms with Crippen molar-refractivity contribution in [3.8, 4) is 0 Å². The summed E-state index contributed by atoms with van der Waals surface area (Å²) in [5.41, 5.74) is 5.26. The fraction of sp³-hybridized carbons (Fsp3) is 0.538. The molecule has 0 spiro atoms. The van der Waals surface area contributed by atoms with E-state index >= 15 is 0 Å². The molecule has 1 aromatic rings. The number of carbonyl (C=O) groups excluding carboxylic acids is 1. The SMILES string of the molecule is CCC1CN(C(=O)c2cc(N)ncc2[N+](=O)[O-])CCN1C. The molecule has 1 unspecified atom stereocenters. The number of amides is 1. The maximum atomic E-state index is 12.6. The van der Waals surface area contributed by atoms with Crippen molar-refractivity contribution in [3.63, 3.8) is 0 Å². The fourth-order valence-corrected chi connectivity index (χ4v) is 2.52. The van der Waals surface area contributed by atoms with Gasteiger partial charge >= 0.3 is 0 Å². The smallest absolute Gasteiger partial charge is 0.300 e. The van der Waals surface area contributed by atoms with E-state index in [0.717, 1.165) is 19.2 Å². The van der Waals surface area contributed by atoms with Crippen molar-refractivity contribution in [3.05, 3.63) is 27.9 Å². The van der Waals surface area contributed by atoms with Crippen LogP contribution in [0.15, 0.2) is 12.3 Å². The Morgan fingerprint density at radius 3 is 2.90 bits per heavy atom. The molecule has 2 N–H and O–H groups in total. The molecule has 21 heavy (non-hydrogen) atoms. The predicted octanol–water partition coefficient (Wildman–Crippen LogP) is 0.738. The molecule has 1 atom stereocenters. The highest BCUT2D eigenvalue weighted by molar-refractivity contribution is 5.98. The number of nitro groups is 1. The van der Waals surface area contributed by atoms with E-state index in [9.17, 15) is 14.9 Å². The summed E-state index contributed by atoms with van der Waals surface area (Å²) in [6, 6.07) is 1.54. The van der Waals surface area contributed by atoms with Gasteiger partial charge in [-0.1, -0.05) is 6.92 Å². The number of likely N-dealkylation sites (N-methyl/N-ethyl adjacent to an activating group) is 1. The van der Waals surface area contributed by atoms with E-state index in [4.69, 9.17) is 5.73 Å². The summed E-state index contributed by atoms with van der Waals surface area (Å²) < 4.78 is 0. The van der Waals surface area contributed by atoms with Crippen LogP contribution in [0.5, 0.6) is 0 Å². The Morgan fingerprint density at radius 1 is 1.57 bits per heavy atom. The molecule has 2 rings (SSSR count). The summed E-state index contributed by atoms with van der Waals surface area (Å²) in [6.45, 7) is 3.91. The predicted molar refractivity (Wildman–Crippen MR) is 77.9 cm³/mol. The van der Waals surface area contributed by atoms with Gasteiger partial charge in [-0.15, -0.1) is 0 Å². The first-order valence-corrected chi connectivity index (χ1v) is 6.83. The Labute approximate surface area is 122 Å². The van der Waals surface area contributed by atoms with Crippen LogP contribution in [0.25, 0.3) is 0 Å². The number of nitrogen functional groups attached to an aromatic ring is 1. The molecule has 1 aliphatic heterocycles. The van der Waals surface area contributed by atoms with Crippen molar-refractivity contribution < 1.29 is 9.72 Å². The van der Waals surface area contributed by atoms with Gasteiger partial charge in [-0.3, -0.25) is 19.8 Å². The zero-order valence-electron chi connectivity index (χ0n) is 12.2. The van der Waals surface area contributed by atoms with Gasteiger partial charge in [0, 0.05) is 25.7 Å². The second-order valence-electron chi connectivity index (χ2n) is 5.18. The van der Waals surface area contributed by atoms with Gasteiger partial charge in [-0.2, -0.15) is 0 Å². The fourth-order valence-electron chi connectivity index (χ4n) is 2.52. The molecule has 1 amide bonds. The van der Waals surface area contributed by atoms with Gasteiger partial charge in [-0.25, -0.2) is 4.98 Å². The van der Waals surface area contributed by atoms with E-state index in [0.29, 0.717) is 13.1 Å². The Morgan fingerprint density at radius 2 is 2.29 bits per heavy atom. The van der Waals surface area contributed by atoms with E-state index in [1.165, 1.54) is 6.07 Å². The third-order valence-electron chi connectivity index (χ3n) is 3.87. The summed E-state index contributed by atoms with van der Waals surface area (Å²) in [7, 11) is 2.02. The summed E-state index contributed by atoms with van der Waals surface area (Å²) in [4.78, 5) is 30.5. The average molecular weight is 293 g/mol. The van der Waals surface area contributed by atoms with Crippen molar-refractivity contribution in [2.75, 3.05) is 32.4 Å². The minimum atomic E-state index is -0.604. The van der Waals surface area contributed by atoms with Crippen LogP contribution >= 0.6 is 0 Å². The Kier molecular flexibility index (Phi) is 4.37. The van der Waals surface area contributed by atoms with E-state index in [2.05, 4.69) is 16.8 Å². The van der Waals surface area contributed by atoms with E-state index in [1.807, 2.05) is 7.05 Å². The first kappa shape index (κ1) is 15.2. The molecule has 2 heterocycles. The van der Waals surface area contributed by atoms with Crippen molar-refractivity contribution >= 4 is 17.4 Å². The maximum Gasteiger partial charge on any atom is 0.300 e. The van der Waals surface area contributed by atoms with Crippen LogP contribution in [-0.2, 0) is 0 Å². The number of nitrogens with two attached hydrogens (primary N) is 1. The highest BCUT2D eigenvalue weighted by atomic mass is 16.6. The summed E-state index contributed by atoms with van der Waals surface area (Å²) in [6.07, 6.45) is 1.96. The molecule has 0 radical (unpaired) electrons. The van der Waals surface area contributed by atoms with Crippen molar-refractivity contribution in [2.45, 2.75) is 19.4 Å². The first-order valence-electron chi connectivity index (χ1n) is 6.83. The lowest BCUT2D eigenvalue weighted by Gasteiger charge is -2.39. The van der Waals surface area contributed by atoms with Crippen LogP contribution in [0.1, 0.15) is 23.7 Å². The molecule has 0 aliphatic carbocycles. The maximum absolute atomic E-state index is 12.6. The molecule has 1 aliphatic rings. The number of piperazine rings is 1. The largest absolute Gasteiger partial charge is 0.384 e. The van der Waals surface area contributed by atoms with Gasteiger partial charge in [0.05, 0.1) is 4.92 Å². The van der Waals surface area contributed by atoms with E-state index in [-0.39, 0.29) is 29.0 Å². The lowest BCUT2D eigenvalue weighted by molar-refractivity contribution is -0.385. The van der Waals surface area contributed by atoms with Gasteiger partial charge in [0.15, 0.2) is 0 Å². The quantitative estimate of drug-likeness (QED) is 0.650. The molecule has 1 saturated heterocycles. The van der Waals surface area contributed by atoms with Crippen LogP contribution in [0.3, 0.4) is 0 Å². The molecule has 8 heteroatoms. The highest BCUT2D eigenvalue weighted by Crippen LogP contribution is 2.22. The van der Waals surface area contributed by atoms with Gasteiger partial charge < -0.3 is 10.6 Å². The molecule has 0 saturated carbocycles. The number of rotatable bonds is 3. The summed E-state index contributed by atoms with van der Waals surface area (Å²) in [5, 5.41) is 11.0. The molecule has 8 nitrogen and oxygen atoms in total.